The van der Waals surface area contributed by atoms with Crippen molar-refractivity contribution in [3.8, 4) is 6.07 Å². The van der Waals surface area contributed by atoms with E-state index in [1.807, 2.05) is 6.07 Å². The molecule has 2 aromatic rings. The van der Waals surface area contributed by atoms with Gasteiger partial charge in [0.1, 0.15) is 18.2 Å². The Bertz CT molecular complexity index is 975. The summed E-state index contributed by atoms with van der Waals surface area (Å²) in [5.41, 5.74) is 0.284. The largest absolute Gasteiger partial charge is 0.323 e. The Kier molecular flexibility index (Phi) is 5.20. The predicted molar refractivity (Wildman–Crippen MR) is 91.6 cm³/mol. The van der Waals surface area contributed by atoms with Crippen molar-refractivity contribution in [1.82, 2.24) is 4.57 Å². The van der Waals surface area contributed by atoms with Gasteiger partial charge in [0.15, 0.2) is 0 Å². The van der Waals surface area contributed by atoms with Gasteiger partial charge >= 0.3 is 0 Å². The topological polar surface area (TPSA) is 118 Å². The molecule has 1 N–H and O–H groups in total. The van der Waals surface area contributed by atoms with Crippen molar-refractivity contribution in [2.75, 3.05) is 5.32 Å². The average Bonchev–Trinajstić information content (AvgIpc) is 2.53. The fourth-order valence-corrected chi connectivity index (χ4v) is 2.48. The number of aryl methyl sites for hydroxylation is 2. The van der Waals surface area contributed by atoms with E-state index < -0.39 is 16.4 Å². The minimum Gasteiger partial charge on any atom is -0.323 e. The maximum atomic E-state index is 12.3. The Labute approximate surface area is 147 Å². The van der Waals surface area contributed by atoms with Crippen LogP contribution in [0.4, 0.5) is 11.4 Å². The third kappa shape index (κ3) is 3.84. The average molecular weight is 361 g/mol. The monoisotopic (exact) mass is 360 g/mol. The van der Waals surface area contributed by atoms with E-state index >= 15 is 0 Å². The van der Waals surface area contributed by atoms with Crippen LogP contribution >= 0.6 is 11.6 Å². The van der Waals surface area contributed by atoms with Crippen LogP contribution in [0, 0.1) is 35.3 Å². The minimum absolute atomic E-state index is 0.0354. The summed E-state index contributed by atoms with van der Waals surface area (Å²) in [6.45, 7) is 2.93. The van der Waals surface area contributed by atoms with Crippen molar-refractivity contribution >= 4 is 28.9 Å². The van der Waals surface area contributed by atoms with Crippen LogP contribution in [0.25, 0.3) is 0 Å². The van der Waals surface area contributed by atoms with Crippen LogP contribution in [-0.4, -0.2) is 15.4 Å². The molecule has 0 radical (unpaired) electrons. The van der Waals surface area contributed by atoms with Crippen molar-refractivity contribution < 1.29 is 9.72 Å². The summed E-state index contributed by atoms with van der Waals surface area (Å²) in [4.78, 5) is 34.7. The fraction of sp³-hybridized carbons (Fsp3) is 0.188. The summed E-state index contributed by atoms with van der Waals surface area (Å²) in [6, 6.07) is 7.10. The minimum atomic E-state index is -0.611. The molecular weight excluding hydrogens is 348 g/mol. The van der Waals surface area contributed by atoms with Gasteiger partial charge < -0.3 is 9.88 Å². The first-order valence-electron chi connectivity index (χ1n) is 7.09. The van der Waals surface area contributed by atoms with Crippen molar-refractivity contribution in [3.05, 3.63) is 66.6 Å². The number of carbonyl (C=O) groups is 1. The van der Waals surface area contributed by atoms with Gasteiger partial charge in [-0.1, -0.05) is 11.6 Å². The number of nitrogens with one attached hydrogen (secondary N) is 1. The third-order valence-corrected chi connectivity index (χ3v) is 3.88. The second-order valence-electron chi connectivity index (χ2n) is 5.32. The van der Waals surface area contributed by atoms with E-state index in [1.165, 1.54) is 12.1 Å². The molecule has 25 heavy (non-hydrogen) atoms. The zero-order chi connectivity index (χ0) is 18.7. The number of nitrogens with zero attached hydrogens (tertiary/aromatic N) is 3. The van der Waals surface area contributed by atoms with E-state index in [-0.39, 0.29) is 28.5 Å². The molecule has 0 atom stereocenters. The molecule has 0 aliphatic rings. The predicted octanol–water partition coefficient (Wildman–Crippen LogP) is 2.54. The number of aromatic nitrogens is 1. The number of halogens is 1. The van der Waals surface area contributed by atoms with Gasteiger partial charge in [0.2, 0.25) is 5.91 Å². The van der Waals surface area contributed by atoms with Gasteiger partial charge in [-0.25, -0.2) is 0 Å². The number of nitro groups is 1. The molecule has 0 aliphatic carbocycles. The highest BCUT2D eigenvalue weighted by Crippen LogP contribution is 2.26. The number of hydrogen-bond acceptors (Lipinski definition) is 5. The molecular formula is C16H13ClN4O4. The molecule has 1 aromatic heterocycles. The van der Waals surface area contributed by atoms with Crippen LogP contribution in [0.1, 0.15) is 16.8 Å². The van der Waals surface area contributed by atoms with E-state index in [0.29, 0.717) is 11.3 Å². The number of nitriles is 1. The highest BCUT2D eigenvalue weighted by molar-refractivity contribution is 6.33. The summed E-state index contributed by atoms with van der Waals surface area (Å²) in [5.74, 6) is -0.597. The van der Waals surface area contributed by atoms with Crippen LogP contribution in [0.3, 0.4) is 0 Å². The molecule has 0 saturated carbocycles. The van der Waals surface area contributed by atoms with Crippen LogP contribution in [0.15, 0.2) is 29.1 Å². The first-order chi connectivity index (χ1) is 11.7. The highest BCUT2D eigenvalue weighted by Gasteiger charge is 2.15. The lowest BCUT2D eigenvalue weighted by Gasteiger charge is -2.12. The molecule has 0 bridgehead atoms. The number of hydrogen-bond donors (Lipinski definition) is 1. The molecule has 8 nitrogen and oxygen atoms in total. The molecule has 0 fully saturated rings. The summed E-state index contributed by atoms with van der Waals surface area (Å²) >= 11 is 5.93. The molecule has 1 heterocycles. The maximum absolute atomic E-state index is 12.3. The fourth-order valence-electron chi connectivity index (χ4n) is 2.32. The van der Waals surface area contributed by atoms with Crippen LogP contribution in [0.5, 0.6) is 0 Å². The van der Waals surface area contributed by atoms with Crippen LogP contribution in [0.2, 0.25) is 5.02 Å². The lowest BCUT2D eigenvalue weighted by Crippen LogP contribution is -2.31. The molecule has 0 spiro atoms. The Balaban J connectivity index is 2.31. The molecule has 1 aromatic carbocycles. The van der Waals surface area contributed by atoms with Crippen molar-refractivity contribution in [1.29, 1.82) is 5.26 Å². The number of amides is 1. The summed E-state index contributed by atoms with van der Waals surface area (Å²) in [7, 11) is 0. The Morgan fingerprint density at radius 1 is 1.40 bits per heavy atom. The first-order valence-corrected chi connectivity index (χ1v) is 7.47. The number of anilines is 1. The van der Waals surface area contributed by atoms with E-state index in [1.54, 1.807) is 19.9 Å². The van der Waals surface area contributed by atoms with E-state index in [4.69, 9.17) is 16.9 Å². The lowest BCUT2D eigenvalue weighted by atomic mass is 10.1. The van der Waals surface area contributed by atoms with Gasteiger partial charge in [0, 0.05) is 17.8 Å². The number of nitro benzene ring substituents is 1. The van der Waals surface area contributed by atoms with Crippen LogP contribution in [-0.2, 0) is 11.3 Å². The van der Waals surface area contributed by atoms with Crippen molar-refractivity contribution in [2.45, 2.75) is 20.4 Å². The maximum Gasteiger partial charge on any atom is 0.271 e. The molecule has 0 aliphatic heterocycles. The Hall–Kier alpha value is -3.18. The zero-order valence-corrected chi connectivity index (χ0v) is 14.1. The zero-order valence-electron chi connectivity index (χ0n) is 13.4. The van der Waals surface area contributed by atoms with Gasteiger partial charge in [-0.05, 0) is 31.5 Å². The van der Waals surface area contributed by atoms with Gasteiger partial charge in [-0.3, -0.25) is 19.7 Å². The van der Waals surface area contributed by atoms with E-state index in [9.17, 15) is 19.7 Å². The first kappa shape index (κ1) is 18.2. The third-order valence-electron chi connectivity index (χ3n) is 3.55. The lowest BCUT2D eigenvalue weighted by molar-refractivity contribution is -0.384. The quantitative estimate of drug-likeness (QED) is 0.663. The van der Waals surface area contributed by atoms with Gasteiger partial charge in [-0.2, -0.15) is 5.26 Å². The van der Waals surface area contributed by atoms with Gasteiger partial charge in [0.05, 0.1) is 15.6 Å². The summed E-state index contributed by atoms with van der Waals surface area (Å²) in [5, 5.41) is 22.4. The molecule has 2 rings (SSSR count). The van der Waals surface area contributed by atoms with E-state index in [2.05, 4.69) is 5.32 Å². The molecule has 0 unspecified atom stereocenters. The molecule has 128 valence electrons. The van der Waals surface area contributed by atoms with Gasteiger partial charge in [-0.15, -0.1) is 0 Å². The number of carbonyl (C=O) groups excluding carboxylic acids is 1. The summed E-state index contributed by atoms with van der Waals surface area (Å²) in [6.07, 6.45) is 0. The molecule has 1 amide bonds. The Morgan fingerprint density at radius 2 is 2.08 bits per heavy atom. The van der Waals surface area contributed by atoms with E-state index in [0.717, 1.165) is 10.6 Å². The van der Waals surface area contributed by atoms with Gasteiger partial charge in [0.25, 0.3) is 11.2 Å². The second-order valence-corrected chi connectivity index (χ2v) is 5.72. The number of non-ortho nitro benzene ring substituents is 1. The highest BCUT2D eigenvalue weighted by atomic mass is 35.5. The SMILES string of the molecule is Cc1cc(C)n(CC(=O)Nc2cc([N+](=O)[O-])ccc2Cl)c(=O)c1C#N. The number of pyridine rings is 1. The number of benzene rings is 1. The van der Waals surface area contributed by atoms with Crippen molar-refractivity contribution in [3.63, 3.8) is 0 Å². The smallest absolute Gasteiger partial charge is 0.271 e. The number of rotatable bonds is 4. The standard InChI is InChI=1S/C16H13ClN4O4/c1-9-5-10(2)20(16(23)12(9)7-18)8-15(22)19-14-6-11(21(24)25)3-4-13(14)17/h3-6H,8H2,1-2H3,(H,19,22). The summed E-state index contributed by atoms with van der Waals surface area (Å²) < 4.78 is 1.16. The molecule has 9 heteroatoms. The Morgan fingerprint density at radius 3 is 2.68 bits per heavy atom. The molecule has 0 saturated heterocycles. The van der Waals surface area contributed by atoms with Crippen molar-refractivity contribution in [2.24, 2.45) is 0 Å². The normalized spacial score (nSPS) is 10.2. The van der Waals surface area contributed by atoms with Crippen LogP contribution < -0.4 is 10.9 Å². The second kappa shape index (κ2) is 7.15.